The number of ether oxygens (including phenoxy) is 1. The van der Waals surface area contributed by atoms with Crippen molar-refractivity contribution in [3.8, 4) is 5.75 Å². The fourth-order valence-electron chi connectivity index (χ4n) is 5.38. The quantitative estimate of drug-likeness (QED) is 0.172. The Balaban J connectivity index is 1.44. The predicted molar refractivity (Wildman–Crippen MR) is 177 cm³/mol. The summed E-state index contributed by atoms with van der Waals surface area (Å²) in [5.74, 6) is 1.82. The van der Waals surface area contributed by atoms with Gasteiger partial charge in [-0.05, 0) is 57.1 Å². The molecule has 0 bridgehead atoms. The number of nitrogens with zero attached hydrogens (tertiary/aromatic N) is 6. The molecule has 1 aliphatic heterocycles. The molecular formula is C31H39N9OS. The van der Waals surface area contributed by atoms with Crippen LogP contribution in [-0.2, 0) is 6.42 Å². The summed E-state index contributed by atoms with van der Waals surface area (Å²) in [6.45, 7) is 8.21. The average molecular weight is 586 g/mol. The van der Waals surface area contributed by atoms with E-state index in [1.165, 1.54) is 23.2 Å². The van der Waals surface area contributed by atoms with Gasteiger partial charge in [0.05, 0.1) is 29.7 Å². The van der Waals surface area contributed by atoms with E-state index in [9.17, 15) is 0 Å². The highest BCUT2D eigenvalue weighted by Gasteiger charge is 2.23. The highest BCUT2D eigenvalue weighted by atomic mass is 32.2. The molecule has 0 unspecified atom stereocenters. The maximum atomic E-state index is 5.85. The number of anilines is 6. The molecular weight excluding hydrogens is 546 g/mol. The Labute approximate surface area is 252 Å². The van der Waals surface area contributed by atoms with Crippen molar-refractivity contribution in [3.63, 3.8) is 0 Å². The first-order valence-electron chi connectivity index (χ1n) is 14.1. The summed E-state index contributed by atoms with van der Waals surface area (Å²) in [4.78, 5) is 23.2. The summed E-state index contributed by atoms with van der Waals surface area (Å²) in [6, 6.07) is 8.83. The van der Waals surface area contributed by atoms with Crippen molar-refractivity contribution < 1.29 is 4.74 Å². The Morgan fingerprint density at radius 3 is 2.57 bits per heavy atom. The number of nitrogens with one attached hydrogen (secondary N) is 3. The highest BCUT2D eigenvalue weighted by molar-refractivity contribution is 7.99. The van der Waals surface area contributed by atoms with Crippen LogP contribution in [0.25, 0.3) is 17.1 Å². The number of aromatic nitrogens is 4. The van der Waals surface area contributed by atoms with Gasteiger partial charge >= 0.3 is 0 Å². The van der Waals surface area contributed by atoms with E-state index in [0.29, 0.717) is 17.8 Å². The van der Waals surface area contributed by atoms with Crippen molar-refractivity contribution >= 4 is 63.6 Å². The summed E-state index contributed by atoms with van der Waals surface area (Å²) in [7, 11) is 6.04. The van der Waals surface area contributed by atoms with Gasteiger partial charge in [0.15, 0.2) is 0 Å². The van der Waals surface area contributed by atoms with Crippen LogP contribution in [0.15, 0.2) is 49.4 Å². The van der Waals surface area contributed by atoms with Crippen LogP contribution in [0.2, 0.25) is 0 Å². The molecule has 1 saturated heterocycles. The fourth-order valence-corrected chi connectivity index (χ4v) is 5.79. The van der Waals surface area contributed by atoms with Gasteiger partial charge in [0, 0.05) is 61.3 Å². The number of aryl methyl sites for hydroxylation is 1. The van der Waals surface area contributed by atoms with Gasteiger partial charge in [0.1, 0.15) is 17.1 Å². The molecule has 1 aliphatic rings. The second-order valence-corrected chi connectivity index (χ2v) is 11.0. The first-order chi connectivity index (χ1) is 20.4. The Hall–Kier alpha value is -4.09. The van der Waals surface area contributed by atoms with E-state index in [4.69, 9.17) is 9.72 Å². The monoisotopic (exact) mass is 585 g/mol. The van der Waals surface area contributed by atoms with Gasteiger partial charge in [-0.1, -0.05) is 31.5 Å². The number of hydrogen-bond donors (Lipinski definition) is 3. The third-order valence-corrected chi connectivity index (χ3v) is 8.11. The van der Waals surface area contributed by atoms with Crippen molar-refractivity contribution in [1.29, 1.82) is 0 Å². The van der Waals surface area contributed by atoms with E-state index in [1.54, 1.807) is 31.8 Å². The minimum atomic E-state index is 0.447. The van der Waals surface area contributed by atoms with Crippen molar-refractivity contribution in [2.45, 2.75) is 32.2 Å². The summed E-state index contributed by atoms with van der Waals surface area (Å²) >= 11 is 1.49. The van der Waals surface area contributed by atoms with E-state index in [2.05, 4.69) is 79.8 Å². The summed E-state index contributed by atoms with van der Waals surface area (Å²) in [5.41, 5.74) is 7.31. The molecule has 11 heteroatoms. The molecule has 0 aliphatic carbocycles. The number of hydrogen-bond acceptors (Lipinski definition) is 11. The van der Waals surface area contributed by atoms with Crippen LogP contribution in [0.5, 0.6) is 5.75 Å². The summed E-state index contributed by atoms with van der Waals surface area (Å²) < 4.78 is 9.20. The van der Waals surface area contributed by atoms with Crippen LogP contribution in [0.1, 0.15) is 30.9 Å². The van der Waals surface area contributed by atoms with Crippen molar-refractivity contribution in [1.82, 2.24) is 24.8 Å². The second-order valence-electron chi connectivity index (χ2n) is 10.4. The lowest BCUT2D eigenvalue weighted by molar-refractivity contribution is 0.249. The van der Waals surface area contributed by atoms with Gasteiger partial charge in [0.25, 0.3) is 0 Å². The van der Waals surface area contributed by atoms with Gasteiger partial charge in [-0.3, -0.25) is 9.97 Å². The molecule has 0 saturated carbocycles. The second kappa shape index (κ2) is 13.3. The Bertz CT molecular complexity index is 1550. The molecule has 1 fully saturated rings. The standard InChI is InChI=1S/C31H39N9OS/c1-7-20-17-25(27(41-5)18-26(20)40-15-11-22(12-16-40)39(3)4)36-31-34-19-21(8-2)30(37-31)35-24-10-9-23-28(29(24)38-42-6)33-14-13-32-23/h8-10,13-14,17-19,22,38H,2,7,11-12,15-16H2,1,3-6H3,(H2,34,35,36,37). The molecule has 0 spiro atoms. The van der Waals surface area contributed by atoms with Crippen LogP contribution in [0.4, 0.5) is 34.5 Å². The molecule has 5 rings (SSSR count). The molecule has 2 aromatic heterocycles. The zero-order valence-corrected chi connectivity index (χ0v) is 25.8. The third-order valence-electron chi connectivity index (χ3n) is 7.70. The maximum absolute atomic E-state index is 5.85. The van der Waals surface area contributed by atoms with E-state index in [1.807, 2.05) is 18.4 Å². The lowest BCUT2D eigenvalue weighted by atomic mass is 10.0. The van der Waals surface area contributed by atoms with E-state index in [-0.39, 0.29) is 0 Å². The topological polar surface area (TPSA) is 103 Å². The van der Waals surface area contributed by atoms with E-state index >= 15 is 0 Å². The summed E-state index contributed by atoms with van der Waals surface area (Å²) in [5, 5.41) is 6.87. The number of rotatable bonds is 11. The zero-order chi connectivity index (χ0) is 29.6. The molecule has 3 N–H and O–H groups in total. The lowest BCUT2D eigenvalue weighted by Crippen LogP contribution is -2.42. The lowest BCUT2D eigenvalue weighted by Gasteiger charge is -2.37. The van der Waals surface area contributed by atoms with Crippen molar-refractivity contribution in [2.24, 2.45) is 0 Å². The third kappa shape index (κ3) is 6.22. The molecule has 3 heterocycles. The zero-order valence-electron chi connectivity index (χ0n) is 24.9. The van der Waals surface area contributed by atoms with Crippen LogP contribution >= 0.6 is 11.9 Å². The van der Waals surface area contributed by atoms with Gasteiger partial charge < -0.3 is 29.9 Å². The molecule has 220 valence electrons. The Kier molecular flexibility index (Phi) is 9.28. The Morgan fingerprint density at radius 2 is 1.88 bits per heavy atom. The normalized spacial score (nSPS) is 13.8. The first kappa shape index (κ1) is 29.4. The van der Waals surface area contributed by atoms with Crippen LogP contribution in [0.3, 0.4) is 0 Å². The summed E-state index contributed by atoms with van der Waals surface area (Å²) in [6.07, 6.45) is 12.0. The molecule has 2 aromatic carbocycles. The molecule has 42 heavy (non-hydrogen) atoms. The predicted octanol–water partition coefficient (Wildman–Crippen LogP) is 6.34. The smallest absolute Gasteiger partial charge is 0.229 e. The van der Waals surface area contributed by atoms with Gasteiger partial charge in [-0.2, -0.15) is 4.98 Å². The van der Waals surface area contributed by atoms with Crippen LogP contribution in [-0.4, -0.2) is 71.4 Å². The van der Waals surface area contributed by atoms with Gasteiger partial charge in [-0.15, -0.1) is 0 Å². The number of fused-ring (bicyclic) bond motifs is 1. The number of methoxy groups -OCH3 is 1. The molecule has 0 atom stereocenters. The molecule has 4 aromatic rings. The molecule has 0 amide bonds. The Morgan fingerprint density at radius 1 is 1.10 bits per heavy atom. The fraction of sp³-hybridized carbons (Fsp3) is 0.355. The van der Waals surface area contributed by atoms with Crippen LogP contribution in [0, 0.1) is 0 Å². The molecule has 0 radical (unpaired) electrons. The molecule has 10 nitrogen and oxygen atoms in total. The van der Waals surface area contributed by atoms with Gasteiger partial charge in [0.2, 0.25) is 5.95 Å². The van der Waals surface area contributed by atoms with Gasteiger partial charge in [-0.25, -0.2) is 4.98 Å². The van der Waals surface area contributed by atoms with Crippen molar-refractivity contribution in [2.75, 3.05) is 60.8 Å². The largest absolute Gasteiger partial charge is 0.494 e. The van der Waals surface area contributed by atoms with E-state index < -0.39 is 0 Å². The SMILES string of the molecule is C=Cc1cnc(Nc2cc(CC)c(N3CCC(N(C)C)CC3)cc2OC)nc1Nc1ccc2nccnc2c1NSC. The highest BCUT2D eigenvalue weighted by Crippen LogP contribution is 2.38. The maximum Gasteiger partial charge on any atom is 0.229 e. The average Bonchev–Trinajstić information content (AvgIpc) is 3.02. The number of benzene rings is 2. The minimum Gasteiger partial charge on any atom is -0.494 e. The first-order valence-corrected chi connectivity index (χ1v) is 15.4. The minimum absolute atomic E-state index is 0.447. The number of piperidine rings is 1. The van der Waals surface area contributed by atoms with E-state index in [0.717, 1.165) is 71.8 Å². The van der Waals surface area contributed by atoms with Crippen molar-refractivity contribution in [3.05, 3.63) is 60.6 Å². The van der Waals surface area contributed by atoms with Crippen LogP contribution < -0.4 is 25.0 Å².